The molecule has 6 heteroatoms. The Labute approximate surface area is 186 Å². The van der Waals surface area contributed by atoms with Crippen LogP contribution in [-0.2, 0) is 4.79 Å². The summed E-state index contributed by atoms with van der Waals surface area (Å²) in [6, 6.07) is 8.16. The first-order chi connectivity index (χ1) is 15.0. The maximum absolute atomic E-state index is 13.1. The third-order valence-electron chi connectivity index (χ3n) is 7.22. The van der Waals surface area contributed by atoms with Gasteiger partial charge < -0.3 is 14.7 Å². The Kier molecular flexibility index (Phi) is 6.65. The Morgan fingerprint density at radius 1 is 0.935 bits per heavy atom. The van der Waals surface area contributed by atoms with Crippen LogP contribution in [0.4, 0.5) is 5.69 Å². The lowest BCUT2D eigenvalue weighted by atomic mass is 10.0. The molecule has 31 heavy (non-hydrogen) atoms. The van der Waals surface area contributed by atoms with Crippen molar-refractivity contribution in [3.05, 3.63) is 41.5 Å². The molecule has 3 heterocycles. The van der Waals surface area contributed by atoms with E-state index in [0.717, 1.165) is 63.5 Å². The number of amides is 2. The van der Waals surface area contributed by atoms with Crippen LogP contribution in [0.5, 0.6) is 0 Å². The fourth-order valence-electron chi connectivity index (χ4n) is 5.24. The smallest absolute Gasteiger partial charge is 0.253 e. The van der Waals surface area contributed by atoms with Crippen molar-refractivity contribution >= 4 is 17.5 Å². The Balaban J connectivity index is 1.31. The molecule has 1 aromatic rings. The number of rotatable bonds is 5. The first-order valence-electron chi connectivity index (χ1n) is 11.8. The number of hydrogen-bond donors (Lipinski definition) is 0. The van der Waals surface area contributed by atoms with Gasteiger partial charge in [-0.15, -0.1) is 0 Å². The number of anilines is 1. The number of carbonyl (C=O) groups is 2. The monoisotopic (exact) mass is 424 g/mol. The van der Waals surface area contributed by atoms with Gasteiger partial charge in [0.1, 0.15) is 0 Å². The average Bonchev–Trinajstić information content (AvgIpc) is 3.38. The van der Waals surface area contributed by atoms with Crippen molar-refractivity contribution in [3.63, 3.8) is 0 Å². The zero-order valence-electron chi connectivity index (χ0n) is 19.2. The summed E-state index contributed by atoms with van der Waals surface area (Å²) in [5.41, 5.74) is 2.78. The molecule has 1 aromatic carbocycles. The summed E-state index contributed by atoms with van der Waals surface area (Å²) < 4.78 is 0. The van der Waals surface area contributed by atoms with Gasteiger partial charge in [0, 0.05) is 81.0 Å². The highest BCUT2D eigenvalue weighted by atomic mass is 16.2. The quantitative estimate of drug-likeness (QED) is 0.682. The van der Waals surface area contributed by atoms with Gasteiger partial charge in [0.05, 0.1) is 0 Å². The molecule has 0 spiro atoms. The number of nitrogens with zero attached hydrogens (tertiary/aromatic N) is 4. The molecule has 3 aliphatic heterocycles. The maximum Gasteiger partial charge on any atom is 0.253 e. The lowest BCUT2D eigenvalue weighted by Gasteiger charge is -2.36. The normalized spacial score (nSPS) is 24.6. The van der Waals surface area contributed by atoms with Crippen LogP contribution in [0.25, 0.3) is 0 Å². The molecule has 2 unspecified atom stereocenters. The molecule has 6 nitrogen and oxygen atoms in total. The van der Waals surface area contributed by atoms with E-state index in [1.807, 2.05) is 41.9 Å². The molecule has 0 aromatic heterocycles. The van der Waals surface area contributed by atoms with Crippen molar-refractivity contribution in [2.75, 3.05) is 63.8 Å². The van der Waals surface area contributed by atoms with Crippen molar-refractivity contribution in [1.29, 1.82) is 0 Å². The third kappa shape index (κ3) is 4.64. The van der Waals surface area contributed by atoms with E-state index in [2.05, 4.69) is 28.9 Å². The van der Waals surface area contributed by atoms with E-state index in [9.17, 15) is 9.59 Å². The summed E-state index contributed by atoms with van der Waals surface area (Å²) in [6.45, 7) is 14.5. The number of allylic oxidation sites excluding steroid dienone is 1. The lowest BCUT2D eigenvalue weighted by molar-refractivity contribution is -0.126. The Hall–Kier alpha value is -2.34. The summed E-state index contributed by atoms with van der Waals surface area (Å²) in [7, 11) is 0. The molecule has 0 saturated carbocycles. The number of benzene rings is 1. The Morgan fingerprint density at radius 2 is 1.52 bits per heavy atom. The molecule has 0 radical (unpaired) electrons. The highest BCUT2D eigenvalue weighted by Gasteiger charge is 2.43. The van der Waals surface area contributed by atoms with Crippen molar-refractivity contribution in [2.24, 2.45) is 11.8 Å². The van der Waals surface area contributed by atoms with Gasteiger partial charge in [0.15, 0.2) is 0 Å². The molecular formula is C25H36N4O2. The molecule has 3 fully saturated rings. The molecule has 3 aliphatic rings. The fourth-order valence-corrected chi connectivity index (χ4v) is 5.24. The molecule has 2 atom stereocenters. The lowest BCUT2D eigenvalue weighted by Crippen LogP contribution is -2.46. The second-order valence-corrected chi connectivity index (χ2v) is 9.29. The molecule has 168 valence electrons. The molecule has 3 saturated heterocycles. The molecule has 0 bridgehead atoms. The highest BCUT2D eigenvalue weighted by Crippen LogP contribution is 2.32. The Bertz CT molecular complexity index is 812. The van der Waals surface area contributed by atoms with Crippen molar-refractivity contribution in [3.8, 4) is 0 Å². The minimum absolute atomic E-state index is 0.122. The zero-order chi connectivity index (χ0) is 22.0. The zero-order valence-corrected chi connectivity index (χ0v) is 19.2. The minimum atomic E-state index is 0.122. The van der Waals surface area contributed by atoms with Crippen LogP contribution >= 0.6 is 0 Å². The van der Waals surface area contributed by atoms with Gasteiger partial charge in [-0.1, -0.05) is 13.0 Å². The van der Waals surface area contributed by atoms with Gasteiger partial charge in [-0.05, 0) is 51.1 Å². The van der Waals surface area contributed by atoms with Crippen molar-refractivity contribution in [2.45, 2.75) is 27.2 Å². The predicted octanol–water partition coefficient (Wildman–Crippen LogP) is 2.72. The van der Waals surface area contributed by atoms with Crippen LogP contribution in [0.1, 0.15) is 37.6 Å². The first kappa shape index (κ1) is 21.9. The second-order valence-electron chi connectivity index (χ2n) is 9.29. The Morgan fingerprint density at radius 3 is 2.06 bits per heavy atom. The first-order valence-corrected chi connectivity index (χ1v) is 11.8. The minimum Gasteiger partial charge on any atom is -0.369 e. The van der Waals surface area contributed by atoms with Gasteiger partial charge >= 0.3 is 0 Å². The van der Waals surface area contributed by atoms with Gasteiger partial charge in [0.2, 0.25) is 5.91 Å². The second kappa shape index (κ2) is 9.43. The third-order valence-corrected chi connectivity index (χ3v) is 7.22. The number of piperazine rings is 1. The number of carbonyl (C=O) groups excluding carboxylic acids is 2. The van der Waals surface area contributed by atoms with Crippen molar-refractivity contribution < 1.29 is 9.59 Å². The summed E-state index contributed by atoms with van der Waals surface area (Å²) in [4.78, 5) is 34.4. The van der Waals surface area contributed by atoms with E-state index < -0.39 is 0 Å². The van der Waals surface area contributed by atoms with Crippen LogP contribution in [0, 0.1) is 11.8 Å². The predicted molar refractivity (Wildman–Crippen MR) is 124 cm³/mol. The van der Waals surface area contributed by atoms with E-state index in [1.54, 1.807) is 0 Å². The van der Waals surface area contributed by atoms with Gasteiger partial charge in [-0.2, -0.15) is 0 Å². The van der Waals surface area contributed by atoms with E-state index in [1.165, 1.54) is 18.7 Å². The molecule has 0 N–H and O–H groups in total. The van der Waals surface area contributed by atoms with Crippen LogP contribution in [0.2, 0.25) is 0 Å². The van der Waals surface area contributed by atoms with Crippen LogP contribution in [-0.4, -0.2) is 85.4 Å². The molecule has 4 rings (SSSR count). The molecule has 2 amide bonds. The van der Waals surface area contributed by atoms with E-state index in [4.69, 9.17) is 0 Å². The van der Waals surface area contributed by atoms with Crippen LogP contribution < -0.4 is 4.90 Å². The SMILES string of the molecule is C/C=C(\C)C(=O)N1CC2CN(C(=O)c3ccc(N4CCN(CCC)CC4)cc3)CC2C1. The number of hydrogen-bond acceptors (Lipinski definition) is 4. The van der Waals surface area contributed by atoms with Gasteiger partial charge in [0.25, 0.3) is 5.91 Å². The largest absolute Gasteiger partial charge is 0.369 e. The van der Waals surface area contributed by atoms with Crippen LogP contribution in [0.15, 0.2) is 35.9 Å². The summed E-state index contributed by atoms with van der Waals surface area (Å²) in [5, 5.41) is 0. The summed E-state index contributed by atoms with van der Waals surface area (Å²) in [5.74, 6) is 1.06. The highest BCUT2D eigenvalue weighted by molar-refractivity contribution is 5.95. The van der Waals surface area contributed by atoms with Crippen LogP contribution in [0.3, 0.4) is 0 Å². The molecule has 0 aliphatic carbocycles. The number of fused-ring (bicyclic) bond motifs is 1. The number of likely N-dealkylation sites (tertiary alicyclic amines) is 2. The summed E-state index contributed by atoms with van der Waals surface area (Å²) in [6.07, 6.45) is 3.08. The standard InChI is InChI=1S/C25H36N4O2/c1-4-10-26-11-13-27(14-12-26)23-8-6-20(7-9-23)25(31)29-17-21-15-28(16-22(21)18-29)24(30)19(3)5-2/h5-9,21-22H,4,10-18H2,1-3H3/b19-5+. The topological polar surface area (TPSA) is 47.1 Å². The fraction of sp³-hybridized carbons (Fsp3) is 0.600. The van der Waals surface area contributed by atoms with Gasteiger partial charge in [-0.3, -0.25) is 14.5 Å². The average molecular weight is 425 g/mol. The van der Waals surface area contributed by atoms with Gasteiger partial charge in [-0.25, -0.2) is 0 Å². The van der Waals surface area contributed by atoms with E-state index in [0.29, 0.717) is 11.8 Å². The van der Waals surface area contributed by atoms with E-state index in [-0.39, 0.29) is 11.8 Å². The maximum atomic E-state index is 13.1. The molecular weight excluding hydrogens is 388 g/mol. The van der Waals surface area contributed by atoms with Crippen molar-refractivity contribution in [1.82, 2.24) is 14.7 Å². The van der Waals surface area contributed by atoms with E-state index >= 15 is 0 Å². The summed E-state index contributed by atoms with van der Waals surface area (Å²) >= 11 is 0.